The largest absolute Gasteiger partial charge is 0.346 e. The van der Waals surface area contributed by atoms with E-state index in [-0.39, 0.29) is 5.91 Å². The number of rotatable bonds is 3. The third kappa shape index (κ3) is 2.41. The van der Waals surface area contributed by atoms with Gasteiger partial charge in [0.25, 0.3) is 5.91 Å². The lowest BCUT2D eigenvalue weighted by molar-refractivity contribution is 0.0948. The number of fused-ring (bicyclic) bond motifs is 1. The molecule has 3 aromatic heterocycles. The van der Waals surface area contributed by atoms with Gasteiger partial charge in [0.1, 0.15) is 12.0 Å². The van der Waals surface area contributed by atoms with Crippen molar-refractivity contribution in [3.63, 3.8) is 0 Å². The first kappa shape index (κ1) is 13.1. The van der Waals surface area contributed by atoms with Gasteiger partial charge in [0.2, 0.25) is 0 Å². The molecule has 102 valence electrons. The smallest absolute Gasteiger partial charge is 0.271 e. The second-order valence-corrected chi connectivity index (χ2v) is 6.55. The van der Waals surface area contributed by atoms with Crippen molar-refractivity contribution in [2.75, 3.05) is 0 Å². The predicted molar refractivity (Wildman–Crippen MR) is 80.2 cm³/mol. The first-order chi connectivity index (χ1) is 9.65. The van der Waals surface area contributed by atoms with Crippen molar-refractivity contribution in [2.24, 2.45) is 0 Å². The van der Waals surface area contributed by atoms with Crippen LogP contribution in [0.3, 0.4) is 0 Å². The van der Waals surface area contributed by atoms with Gasteiger partial charge < -0.3 is 5.32 Å². The van der Waals surface area contributed by atoms with Gasteiger partial charge in [0, 0.05) is 11.1 Å². The lowest BCUT2D eigenvalue weighted by Gasteiger charge is -2.03. The molecular weight excluding hydrogens is 292 g/mol. The van der Waals surface area contributed by atoms with Gasteiger partial charge in [0.15, 0.2) is 0 Å². The Hall–Kier alpha value is -1.86. The molecule has 0 bridgehead atoms. The quantitative estimate of drug-likeness (QED) is 0.808. The molecule has 0 spiro atoms. The summed E-state index contributed by atoms with van der Waals surface area (Å²) < 4.78 is 0.836. The molecule has 0 aliphatic rings. The fraction of sp³-hybridized carbons (Fsp3) is 0.231. The lowest BCUT2D eigenvalue weighted by atomic mass is 10.2. The Morgan fingerprint density at radius 2 is 2.15 bits per heavy atom. The summed E-state index contributed by atoms with van der Waals surface area (Å²) in [7, 11) is 0. The number of nitrogens with zero attached hydrogens (tertiary/aromatic N) is 3. The van der Waals surface area contributed by atoms with Gasteiger partial charge in [0.05, 0.1) is 21.8 Å². The van der Waals surface area contributed by atoms with E-state index in [9.17, 15) is 4.79 Å². The average molecular weight is 304 g/mol. The van der Waals surface area contributed by atoms with Crippen LogP contribution in [0.25, 0.3) is 10.2 Å². The van der Waals surface area contributed by atoms with E-state index in [1.165, 1.54) is 17.7 Å². The molecule has 1 N–H and O–H groups in total. The summed E-state index contributed by atoms with van der Waals surface area (Å²) in [5, 5.41) is 5.86. The number of aromatic nitrogens is 3. The number of thiophene rings is 1. The summed E-state index contributed by atoms with van der Waals surface area (Å²) in [5.41, 5.74) is 2.36. The van der Waals surface area contributed by atoms with Gasteiger partial charge in [-0.1, -0.05) is 0 Å². The zero-order valence-corrected chi connectivity index (χ0v) is 12.6. The number of hydrogen-bond acceptors (Lipinski definition) is 6. The molecule has 1 amide bonds. The van der Waals surface area contributed by atoms with E-state index in [1.54, 1.807) is 17.5 Å². The van der Waals surface area contributed by atoms with Crippen LogP contribution in [0.1, 0.15) is 25.9 Å². The van der Waals surface area contributed by atoms with Crippen LogP contribution < -0.4 is 5.32 Å². The van der Waals surface area contributed by atoms with Crippen molar-refractivity contribution in [3.8, 4) is 0 Å². The first-order valence-electron chi connectivity index (χ1n) is 6.03. The zero-order valence-electron chi connectivity index (χ0n) is 11.0. The molecular formula is C13H12N4OS2. The summed E-state index contributed by atoms with van der Waals surface area (Å²) in [6.07, 6.45) is 3.22. The van der Waals surface area contributed by atoms with Crippen LogP contribution in [0.2, 0.25) is 0 Å². The number of nitrogens with one attached hydrogen (secondary N) is 1. The Labute approximate surface area is 123 Å². The summed E-state index contributed by atoms with van der Waals surface area (Å²) in [5.74, 6) is -0.176. The minimum absolute atomic E-state index is 0.176. The van der Waals surface area contributed by atoms with Gasteiger partial charge in [-0.05, 0) is 24.8 Å². The Bertz CT molecular complexity index is 778. The van der Waals surface area contributed by atoms with E-state index in [4.69, 9.17) is 0 Å². The highest BCUT2D eigenvalue weighted by atomic mass is 32.1. The van der Waals surface area contributed by atoms with Gasteiger partial charge in [-0.15, -0.1) is 22.7 Å². The van der Waals surface area contributed by atoms with E-state index >= 15 is 0 Å². The number of carbonyl (C=O) groups excluding carboxylic acids is 1. The van der Waals surface area contributed by atoms with Gasteiger partial charge in [-0.3, -0.25) is 4.79 Å². The van der Waals surface area contributed by atoms with Crippen LogP contribution in [0.15, 0.2) is 17.9 Å². The van der Waals surface area contributed by atoms with Gasteiger partial charge >= 0.3 is 0 Å². The molecule has 0 aliphatic carbocycles. The molecule has 3 rings (SSSR count). The Morgan fingerprint density at radius 3 is 2.90 bits per heavy atom. The molecule has 0 aliphatic heterocycles. The average Bonchev–Trinajstić information content (AvgIpc) is 3.03. The number of aryl methyl sites for hydroxylation is 2. The zero-order chi connectivity index (χ0) is 14.1. The molecule has 0 unspecified atom stereocenters. The monoisotopic (exact) mass is 304 g/mol. The number of carbonyl (C=O) groups is 1. The third-order valence-corrected chi connectivity index (χ3v) is 4.84. The van der Waals surface area contributed by atoms with Crippen molar-refractivity contribution in [3.05, 3.63) is 39.0 Å². The maximum atomic E-state index is 12.2. The van der Waals surface area contributed by atoms with Crippen molar-refractivity contribution in [1.29, 1.82) is 0 Å². The molecule has 0 radical (unpaired) electrons. The molecule has 20 heavy (non-hydrogen) atoms. The standard InChI is InChI=1S/C13H12N4OS2/c1-7-5-19-12-10(7)16-6-17-11(12)13(18)15-4-9-3-14-8(2)20-9/h3,5-6H,4H2,1-2H3,(H,15,18). The van der Waals surface area contributed by atoms with Crippen molar-refractivity contribution in [2.45, 2.75) is 20.4 Å². The Morgan fingerprint density at radius 1 is 1.30 bits per heavy atom. The van der Waals surface area contributed by atoms with Gasteiger partial charge in [-0.2, -0.15) is 0 Å². The van der Waals surface area contributed by atoms with Gasteiger partial charge in [-0.25, -0.2) is 15.0 Å². The maximum absolute atomic E-state index is 12.2. The molecule has 0 fully saturated rings. The van der Waals surface area contributed by atoms with Crippen molar-refractivity contribution in [1.82, 2.24) is 20.3 Å². The summed E-state index contributed by atoms with van der Waals surface area (Å²) in [6.45, 7) is 4.40. The number of amides is 1. The molecule has 0 atom stereocenters. The van der Waals surface area contributed by atoms with Crippen LogP contribution in [0.5, 0.6) is 0 Å². The van der Waals surface area contributed by atoms with Crippen LogP contribution in [0, 0.1) is 13.8 Å². The van der Waals surface area contributed by atoms with E-state index < -0.39 is 0 Å². The van der Waals surface area contributed by atoms with E-state index in [2.05, 4.69) is 20.3 Å². The second kappa shape index (κ2) is 5.26. The van der Waals surface area contributed by atoms with Crippen LogP contribution in [-0.2, 0) is 6.54 Å². The van der Waals surface area contributed by atoms with E-state index in [0.717, 1.165) is 25.7 Å². The van der Waals surface area contributed by atoms with Crippen molar-refractivity contribution >= 4 is 38.8 Å². The summed E-state index contributed by atoms with van der Waals surface area (Å²) in [6, 6.07) is 0. The predicted octanol–water partition coefficient (Wildman–Crippen LogP) is 2.69. The second-order valence-electron chi connectivity index (χ2n) is 4.35. The third-order valence-electron chi connectivity index (χ3n) is 2.84. The molecule has 5 nitrogen and oxygen atoms in total. The summed E-state index contributed by atoms with van der Waals surface area (Å²) >= 11 is 3.08. The van der Waals surface area contributed by atoms with Crippen LogP contribution in [0.4, 0.5) is 0 Å². The van der Waals surface area contributed by atoms with Crippen LogP contribution >= 0.6 is 22.7 Å². The number of hydrogen-bond donors (Lipinski definition) is 1. The minimum Gasteiger partial charge on any atom is -0.346 e. The van der Waals surface area contributed by atoms with Crippen LogP contribution in [-0.4, -0.2) is 20.9 Å². The fourth-order valence-corrected chi connectivity index (χ4v) is 3.59. The highest BCUT2D eigenvalue weighted by molar-refractivity contribution is 7.17. The highest BCUT2D eigenvalue weighted by Gasteiger charge is 2.15. The van der Waals surface area contributed by atoms with Crippen molar-refractivity contribution < 1.29 is 4.79 Å². The Balaban J connectivity index is 1.82. The first-order valence-corrected chi connectivity index (χ1v) is 7.73. The minimum atomic E-state index is -0.176. The normalized spacial score (nSPS) is 10.9. The topological polar surface area (TPSA) is 67.8 Å². The number of thiazole rings is 1. The maximum Gasteiger partial charge on any atom is 0.271 e. The van der Waals surface area contributed by atoms with E-state index in [1.807, 2.05) is 19.2 Å². The lowest BCUT2D eigenvalue weighted by Crippen LogP contribution is -2.23. The van der Waals surface area contributed by atoms with E-state index in [0.29, 0.717) is 12.2 Å². The molecule has 7 heteroatoms. The Kier molecular flexibility index (Phi) is 3.45. The molecule has 0 saturated heterocycles. The molecule has 0 aromatic carbocycles. The molecule has 3 heterocycles. The molecule has 3 aromatic rings. The fourth-order valence-electron chi connectivity index (χ4n) is 1.87. The molecule has 0 saturated carbocycles. The highest BCUT2D eigenvalue weighted by Crippen LogP contribution is 2.25. The SMILES string of the molecule is Cc1ncc(CNC(=O)c2ncnc3c(C)csc23)s1. The summed E-state index contributed by atoms with van der Waals surface area (Å²) in [4.78, 5) is 25.8.